The van der Waals surface area contributed by atoms with Crippen molar-refractivity contribution < 1.29 is 4.79 Å². The molecule has 2 heteroatoms. The second-order valence-corrected chi connectivity index (χ2v) is 3.14. The van der Waals surface area contributed by atoms with Gasteiger partial charge in [-0.25, -0.2) is 0 Å². The van der Waals surface area contributed by atoms with Crippen LogP contribution in [0.15, 0.2) is 36.9 Å². The highest BCUT2D eigenvalue weighted by Crippen LogP contribution is 2.27. The van der Waals surface area contributed by atoms with E-state index < -0.39 is 0 Å². The first-order valence-corrected chi connectivity index (χ1v) is 4.33. The maximum absolute atomic E-state index is 11.4. The molecular weight excluding hydrogens is 162 g/mol. The van der Waals surface area contributed by atoms with Gasteiger partial charge in [0.05, 0.1) is 6.04 Å². The van der Waals surface area contributed by atoms with Crippen LogP contribution in [0.25, 0.3) is 0 Å². The SMILES string of the molecule is C=CC[C@@H]1NC(=O)c2ccccc21. The Morgan fingerprint density at radius 1 is 1.46 bits per heavy atom. The number of rotatable bonds is 2. The largest absolute Gasteiger partial charge is 0.345 e. The van der Waals surface area contributed by atoms with E-state index in [0.29, 0.717) is 0 Å². The number of amides is 1. The lowest BCUT2D eigenvalue weighted by atomic mass is 10.0. The molecule has 1 N–H and O–H groups in total. The van der Waals surface area contributed by atoms with Crippen LogP contribution in [0.2, 0.25) is 0 Å². The first-order valence-electron chi connectivity index (χ1n) is 4.33. The number of nitrogens with one attached hydrogen (secondary N) is 1. The molecule has 0 aliphatic carbocycles. The molecule has 0 unspecified atom stereocenters. The van der Waals surface area contributed by atoms with Gasteiger partial charge in [0.25, 0.3) is 5.91 Å². The van der Waals surface area contributed by atoms with E-state index in [-0.39, 0.29) is 11.9 Å². The Labute approximate surface area is 77.3 Å². The average molecular weight is 173 g/mol. The van der Waals surface area contributed by atoms with E-state index in [1.54, 1.807) is 0 Å². The second kappa shape index (κ2) is 3.05. The summed E-state index contributed by atoms with van der Waals surface area (Å²) in [7, 11) is 0. The molecule has 2 nitrogen and oxygen atoms in total. The highest BCUT2D eigenvalue weighted by molar-refractivity contribution is 5.99. The number of benzene rings is 1. The molecule has 0 fully saturated rings. The van der Waals surface area contributed by atoms with E-state index in [9.17, 15) is 4.79 Å². The lowest BCUT2D eigenvalue weighted by Crippen LogP contribution is -2.18. The monoisotopic (exact) mass is 173 g/mol. The fourth-order valence-corrected chi connectivity index (χ4v) is 1.67. The van der Waals surface area contributed by atoms with Gasteiger partial charge in [0.1, 0.15) is 0 Å². The summed E-state index contributed by atoms with van der Waals surface area (Å²) in [4.78, 5) is 11.4. The minimum atomic E-state index is 0.0300. The van der Waals surface area contributed by atoms with Crippen molar-refractivity contribution in [3.05, 3.63) is 48.0 Å². The molecule has 0 spiro atoms. The fourth-order valence-electron chi connectivity index (χ4n) is 1.67. The molecule has 0 bridgehead atoms. The highest BCUT2D eigenvalue weighted by atomic mass is 16.2. The Morgan fingerprint density at radius 3 is 3.00 bits per heavy atom. The van der Waals surface area contributed by atoms with Crippen LogP contribution in [0.4, 0.5) is 0 Å². The van der Waals surface area contributed by atoms with Gasteiger partial charge in [-0.15, -0.1) is 6.58 Å². The van der Waals surface area contributed by atoms with Crippen molar-refractivity contribution in [1.29, 1.82) is 0 Å². The van der Waals surface area contributed by atoms with Crippen molar-refractivity contribution in [2.75, 3.05) is 0 Å². The van der Waals surface area contributed by atoms with Gasteiger partial charge in [-0.05, 0) is 18.1 Å². The number of hydrogen-bond acceptors (Lipinski definition) is 1. The van der Waals surface area contributed by atoms with Crippen LogP contribution in [-0.2, 0) is 0 Å². The summed E-state index contributed by atoms with van der Waals surface area (Å²) < 4.78 is 0. The van der Waals surface area contributed by atoms with E-state index in [1.807, 2.05) is 30.3 Å². The summed E-state index contributed by atoms with van der Waals surface area (Å²) in [6.45, 7) is 3.67. The van der Waals surface area contributed by atoms with Gasteiger partial charge in [0, 0.05) is 5.56 Å². The van der Waals surface area contributed by atoms with Gasteiger partial charge in [0.15, 0.2) is 0 Å². The van der Waals surface area contributed by atoms with Crippen LogP contribution in [0.3, 0.4) is 0 Å². The van der Waals surface area contributed by atoms with Crippen molar-refractivity contribution in [1.82, 2.24) is 5.32 Å². The van der Waals surface area contributed by atoms with E-state index in [1.165, 1.54) is 0 Å². The van der Waals surface area contributed by atoms with E-state index in [0.717, 1.165) is 17.5 Å². The van der Waals surface area contributed by atoms with Crippen LogP contribution in [0.5, 0.6) is 0 Å². The minimum absolute atomic E-state index is 0.0300. The molecule has 1 aromatic carbocycles. The van der Waals surface area contributed by atoms with Gasteiger partial charge < -0.3 is 5.32 Å². The molecule has 1 aromatic rings. The third kappa shape index (κ3) is 1.24. The smallest absolute Gasteiger partial charge is 0.252 e. The molecule has 1 amide bonds. The molecule has 1 heterocycles. The van der Waals surface area contributed by atoms with Crippen molar-refractivity contribution in [2.45, 2.75) is 12.5 Å². The molecule has 1 aliphatic heterocycles. The fraction of sp³-hybridized carbons (Fsp3) is 0.182. The van der Waals surface area contributed by atoms with Crippen molar-refractivity contribution in [3.8, 4) is 0 Å². The second-order valence-electron chi connectivity index (χ2n) is 3.14. The van der Waals surface area contributed by atoms with Crippen LogP contribution in [-0.4, -0.2) is 5.91 Å². The molecule has 0 saturated carbocycles. The number of fused-ring (bicyclic) bond motifs is 1. The Morgan fingerprint density at radius 2 is 2.23 bits per heavy atom. The van der Waals surface area contributed by atoms with E-state index in [4.69, 9.17) is 0 Å². The Bertz CT molecular complexity index is 357. The number of carbonyl (C=O) groups excluding carboxylic acids is 1. The maximum Gasteiger partial charge on any atom is 0.252 e. The van der Waals surface area contributed by atoms with Crippen molar-refractivity contribution in [2.24, 2.45) is 0 Å². The standard InChI is InChI=1S/C11H11NO/c1-2-5-10-8-6-3-4-7-9(8)11(13)12-10/h2-4,6-7,10H,1,5H2,(H,12,13)/t10-/m0/s1. The van der Waals surface area contributed by atoms with Crippen LogP contribution < -0.4 is 5.32 Å². The normalized spacial score (nSPS) is 19.4. The van der Waals surface area contributed by atoms with Crippen molar-refractivity contribution in [3.63, 3.8) is 0 Å². The quantitative estimate of drug-likeness (QED) is 0.681. The zero-order valence-electron chi connectivity index (χ0n) is 7.29. The van der Waals surface area contributed by atoms with Gasteiger partial charge in [-0.1, -0.05) is 24.3 Å². The summed E-state index contributed by atoms with van der Waals surface area (Å²) in [5.74, 6) is 0.0300. The van der Waals surface area contributed by atoms with Gasteiger partial charge in [-0.3, -0.25) is 4.79 Å². The van der Waals surface area contributed by atoms with Crippen molar-refractivity contribution >= 4 is 5.91 Å². The van der Waals surface area contributed by atoms with Crippen LogP contribution >= 0.6 is 0 Å². The predicted octanol–water partition coefficient (Wildman–Crippen LogP) is 2.05. The van der Waals surface area contributed by atoms with Gasteiger partial charge in [0.2, 0.25) is 0 Å². The van der Waals surface area contributed by atoms with E-state index >= 15 is 0 Å². The van der Waals surface area contributed by atoms with Gasteiger partial charge in [-0.2, -0.15) is 0 Å². The lowest BCUT2D eigenvalue weighted by Gasteiger charge is -2.07. The number of carbonyl (C=O) groups is 1. The minimum Gasteiger partial charge on any atom is -0.345 e. The third-order valence-corrected chi connectivity index (χ3v) is 2.29. The third-order valence-electron chi connectivity index (χ3n) is 2.29. The van der Waals surface area contributed by atoms with Gasteiger partial charge >= 0.3 is 0 Å². The molecule has 13 heavy (non-hydrogen) atoms. The summed E-state index contributed by atoms with van der Waals surface area (Å²) in [5.41, 5.74) is 1.89. The highest BCUT2D eigenvalue weighted by Gasteiger charge is 2.26. The molecule has 0 saturated heterocycles. The zero-order chi connectivity index (χ0) is 9.26. The van der Waals surface area contributed by atoms with E-state index in [2.05, 4.69) is 11.9 Å². The Hall–Kier alpha value is -1.57. The zero-order valence-corrected chi connectivity index (χ0v) is 7.29. The lowest BCUT2D eigenvalue weighted by molar-refractivity contribution is 0.0956. The molecule has 1 atom stereocenters. The maximum atomic E-state index is 11.4. The molecule has 0 radical (unpaired) electrons. The molecular formula is C11H11NO. The predicted molar refractivity (Wildman–Crippen MR) is 51.5 cm³/mol. The summed E-state index contributed by atoms with van der Waals surface area (Å²) in [5, 5.41) is 2.91. The summed E-state index contributed by atoms with van der Waals surface area (Å²) in [6, 6.07) is 7.81. The number of hydrogen-bond donors (Lipinski definition) is 1. The first-order chi connectivity index (χ1) is 6.33. The molecule has 2 rings (SSSR count). The van der Waals surface area contributed by atoms with Crippen LogP contribution in [0, 0.1) is 0 Å². The Kier molecular flexibility index (Phi) is 1.89. The summed E-state index contributed by atoms with van der Waals surface area (Å²) >= 11 is 0. The summed E-state index contributed by atoms with van der Waals surface area (Å²) in [6.07, 6.45) is 2.62. The first kappa shape index (κ1) is 8.05. The molecule has 0 aromatic heterocycles. The molecule has 1 aliphatic rings. The topological polar surface area (TPSA) is 29.1 Å². The average Bonchev–Trinajstić information content (AvgIpc) is 2.46. The van der Waals surface area contributed by atoms with Crippen LogP contribution in [0.1, 0.15) is 28.4 Å². The molecule has 66 valence electrons. The Balaban J connectivity index is 2.41.